The second-order valence-electron chi connectivity index (χ2n) is 6.78. The molecule has 1 aromatic rings. The maximum absolute atomic E-state index is 12.4. The van der Waals surface area contributed by atoms with Crippen LogP contribution in [0.25, 0.3) is 0 Å². The fourth-order valence-corrected chi connectivity index (χ4v) is 3.70. The lowest BCUT2D eigenvalue weighted by Gasteiger charge is -2.32. The van der Waals surface area contributed by atoms with Crippen molar-refractivity contribution in [3.8, 4) is 5.88 Å². The largest absolute Gasteiger partial charge is 0.473 e. The van der Waals surface area contributed by atoms with Crippen LogP contribution in [0.4, 0.5) is 0 Å². The molecule has 23 heavy (non-hydrogen) atoms. The average molecular weight is 317 g/mol. The van der Waals surface area contributed by atoms with Crippen molar-refractivity contribution in [1.82, 2.24) is 14.9 Å². The first-order valence-corrected chi connectivity index (χ1v) is 9.02. The lowest BCUT2D eigenvalue weighted by molar-refractivity contribution is -0.133. The van der Waals surface area contributed by atoms with Gasteiger partial charge >= 0.3 is 0 Å². The Kier molecular flexibility index (Phi) is 5.83. The number of hydrogen-bond acceptors (Lipinski definition) is 4. The van der Waals surface area contributed by atoms with E-state index in [1.165, 1.54) is 32.1 Å². The van der Waals surface area contributed by atoms with Gasteiger partial charge in [0.25, 0.3) is 0 Å². The Morgan fingerprint density at radius 3 is 2.61 bits per heavy atom. The van der Waals surface area contributed by atoms with Crippen LogP contribution >= 0.6 is 0 Å². The summed E-state index contributed by atoms with van der Waals surface area (Å²) in [5.74, 6) is 1.69. The van der Waals surface area contributed by atoms with Crippen LogP contribution in [0.15, 0.2) is 18.6 Å². The number of nitrogens with zero attached hydrogens (tertiary/aromatic N) is 3. The Morgan fingerprint density at radius 1 is 1.13 bits per heavy atom. The van der Waals surface area contributed by atoms with Crippen molar-refractivity contribution in [3.63, 3.8) is 0 Å². The molecule has 1 saturated carbocycles. The van der Waals surface area contributed by atoms with Crippen LogP contribution in [-0.4, -0.2) is 40.0 Å². The van der Waals surface area contributed by atoms with E-state index >= 15 is 0 Å². The highest BCUT2D eigenvalue weighted by molar-refractivity contribution is 5.76. The fourth-order valence-electron chi connectivity index (χ4n) is 3.70. The van der Waals surface area contributed by atoms with Crippen LogP contribution in [0.2, 0.25) is 0 Å². The predicted octanol–water partition coefficient (Wildman–Crippen LogP) is 3.21. The zero-order chi connectivity index (χ0) is 15.9. The summed E-state index contributed by atoms with van der Waals surface area (Å²) >= 11 is 0. The van der Waals surface area contributed by atoms with E-state index in [0.717, 1.165) is 44.7 Å². The van der Waals surface area contributed by atoms with Crippen LogP contribution < -0.4 is 4.74 Å². The van der Waals surface area contributed by atoms with Gasteiger partial charge in [-0.1, -0.05) is 32.1 Å². The van der Waals surface area contributed by atoms with Crippen LogP contribution in [0.3, 0.4) is 0 Å². The van der Waals surface area contributed by atoms with Gasteiger partial charge in [0.05, 0.1) is 6.20 Å². The summed E-state index contributed by atoms with van der Waals surface area (Å²) in [5.41, 5.74) is 0. The summed E-state index contributed by atoms with van der Waals surface area (Å²) in [6, 6.07) is 0. The van der Waals surface area contributed by atoms with Gasteiger partial charge in [0.1, 0.15) is 6.10 Å². The van der Waals surface area contributed by atoms with Gasteiger partial charge < -0.3 is 9.64 Å². The Bertz CT molecular complexity index is 480. The molecule has 5 nitrogen and oxygen atoms in total. The topological polar surface area (TPSA) is 55.3 Å². The Labute approximate surface area is 138 Å². The third-order valence-corrected chi connectivity index (χ3v) is 5.11. The number of likely N-dealkylation sites (tertiary alicyclic amines) is 1. The molecule has 2 heterocycles. The molecule has 0 atom stereocenters. The highest BCUT2D eigenvalue weighted by atomic mass is 16.5. The molecular formula is C18H27N3O2. The van der Waals surface area contributed by atoms with E-state index in [-0.39, 0.29) is 6.10 Å². The number of aromatic nitrogens is 2. The van der Waals surface area contributed by atoms with Crippen molar-refractivity contribution in [2.24, 2.45) is 5.92 Å². The van der Waals surface area contributed by atoms with E-state index < -0.39 is 0 Å². The van der Waals surface area contributed by atoms with Gasteiger partial charge in [-0.05, 0) is 12.3 Å². The van der Waals surface area contributed by atoms with E-state index in [2.05, 4.69) is 9.97 Å². The standard InChI is InChI=1S/C18H27N3O2/c22-18(7-6-15-4-2-1-3-5-15)21-12-8-16(9-13-21)23-17-14-19-10-11-20-17/h10-11,14-16H,1-9,12-13H2. The summed E-state index contributed by atoms with van der Waals surface area (Å²) in [5, 5.41) is 0. The van der Waals surface area contributed by atoms with Crippen LogP contribution in [0.1, 0.15) is 57.8 Å². The summed E-state index contributed by atoms with van der Waals surface area (Å²) in [6.07, 6.45) is 15.4. The molecule has 1 aromatic heterocycles. The molecular weight excluding hydrogens is 290 g/mol. The van der Waals surface area contributed by atoms with E-state index in [1.54, 1.807) is 18.6 Å². The smallest absolute Gasteiger partial charge is 0.232 e. The molecule has 0 spiro atoms. The molecule has 1 saturated heterocycles. The molecule has 3 rings (SSSR count). The molecule has 1 aliphatic heterocycles. The first-order valence-electron chi connectivity index (χ1n) is 9.02. The molecule has 1 aliphatic carbocycles. The van der Waals surface area contributed by atoms with Crippen molar-refractivity contribution in [2.45, 2.75) is 63.9 Å². The minimum absolute atomic E-state index is 0.147. The summed E-state index contributed by atoms with van der Waals surface area (Å²) in [6.45, 7) is 1.60. The van der Waals surface area contributed by atoms with E-state index in [0.29, 0.717) is 11.8 Å². The fraction of sp³-hybridized carbons (Fsp3) is 0.722. The number of amides is 1. The Hall–Kier alpha value is -1.65. The van der Waals surface area contributed by atoms with Gasteiger partial charge in [-0.25, -0.2) is 4.98 Å². The van der Waals surface area contributed by atoms with Crippen molar-refractivity contribution >= 4 is 5.91 Å². The second kappa shape index (κ2) is 8.27. The van der Waals surface area contributed by atoms with Crippen molar-refractivity contribution in [2.75, 3.05) is 13.1 Å². The molecule has 0 N–H and O–H groups in total. The molecule has 0 bridgehead atoms. The minimum atomic E-state index is 0.147. The predicted molar refractivity (Wildman–Crippen MR) is 88.1 cm³/mol. The van der Waals surface area contributed by atoms with E-state index in [9.17, 15) is 4.79 Å². The van der Waals surface area contributed by atoms with Crippen molar-refractivity contribution in [1.29, 1.82) is 0 Å². The van der Waals surface area contributed by atoms with Crippen molar-refractivity contribution < 1.29 is 9.53 Å². The van der Waals surface area contributed by atoms with E-state index in [4.69, 9.17) is 4.74 Å². The van der Waals surface area contributed by atoms with Gasteiger partial charge in [-0.15, -0.1) is 0 Å². The quantitative estimate of drug-likeness (QED) is 0.837. The highest BCUT2D eigenvalue weighted by Gasteiger charge is 2.25. The minimum Gasteiger partial charge on any atom is -0.473 e. The summed E-state index contributed by atoms with van der Waals surface area (Å²) < 4.78 is 5.83. The molecule has 0 unspecified atom stereocenters. The van der Waals surface area contributed by atoms with Gasteiger partial charge in [0, 0.05) is 44.7 Å². The van der Waals surface area contributed by atoms with Gasteiger partial charge in [-0.2, -0.15) is 0 Å². The number of carbonyl (C=O) groups excluding carboxylic acids is 1. The zero-order valence-electron chi connectivity index (χ0n) is 13.8. The number of hydrogen-bond donors (Lipinski definition) is 0. The normalized spacial score (nSPS) is 20.4. The first kappa shape index (κ1) is 16.2. The van der Waals surface area contributed by atoms with Crippen LogP contribution in [-0.2, 0) is 4.79 Å². The molecule has 0 aromatic carbocycles. The van der Waals surface area contributed by atoms with Crippen molar-refractivity contribution in [3.05, 3.63) is 18.6 Å². The summed E-state index contributed by atoms with van der Waals surface area (Å²) in [4.78, 5) is 22.5. The number of piperidine rings is 1. The Balaban J connectivity index is 1.37. The molecule has 2 aliphatic rings. The number of rotatable bonds is 5. The molecule has 1 amide bonds. The third-order valence-electron chi connectivity index (χ3n) is 5.11. The van der Waals surface area contributed by atoms with Gasteiger partial charge in [0.15, 0.2) is 0 Å². The molecule has 126 valence electrons. The van der Waals surface area contributed by atoms with E-state index in [1.807, 2.05) is 4.90 Å². The van der Waals surface area contributed by atoms with Crippen LogP contribution in [0.5, 0.6) is 5.88 Å². The maximum Gasteiger partial charge on any atom is 0.232 e. The number of ether oxygens (including phenoxy) is 1. The summed E-state index contributed by atoms with van der Waals surface area (Å²) in [7, 11) is 0. The lowest BCUT2D eigenvalue weighted by atomic mass is 9.86. The lowest BCUT2D eigenvalue weighted by Crippen LogP contribution is -2.41. The van der Waals surface area contributed by atoms with Gasteiger partial charge in [-0.3, -0.25) is 9.78 Å². The number of carbonyl (C=O) groups is 1. The third kappa shape index (κ3) is 4.91. The first-order chi connectivity index (χ1) is 11.3. The van der Waals surface area contributed by atoms with Gasteiger partial charge in [0.2, 0.25) is 11.8 Å². The molecule has 2 fully saturated rings. The zero-order valence-corrected chi connectivity index (χ0v) is 13.8. The maximum atomic E-state index is 12.4. The SMILES string of the molecule is O=C(CCC1CCCCC1)N1CCC(Oc2cnccn2)CC1. The highest BCUT2D eigenvalue weighted by Crippen LogP contribution is 2.27. The molecule has 0 radical (unpaired) electrons. The molecule has 5 heteroatoms. The monoisotopic (exact) mass is 317 g/mol. The average Bonchev–Trinajstić information content (AvgIpc) is 2.62. The second-order valence-corrected chi connectivity index (χ2v) is 6.78. The Morgan fingerprint density at radius 2 is 1.91 bits per heavy atom. The van der Waals surface area contributed by atoms with Crippen LogP contribution in [0, 0.1) is 5.92 Å².